The van der Waals surface area contributed by atoms with Gasteiger partial charge in [0, 0.05) is 23.5 Å². The number of nitrogens with two attached hydrogens (primary N) is 1. The van der Waals surface area contributed by atoms with Crippen LogP contribution >= 0.6 is 11.8 Å². The van der Waals surface area contributed by atoms with Crippen LogP contribution in [-0.2, 0) is 11.2 Å². The van der Waals surface area contributed by atoms with Gasteiger partial charge in [0.05, 0.1) is 0 Å². The lowest BCUT2D eigenvalue weighted by Gasteiger charge is -2.37. The van der Waals surface area contributed by atoms with Gasteiger partial charge in [-0.1, -0.05) is 24.8 Å². The molecule has 2 aromatic carbocycles. The second kappa shape index (κ2) is 12.3. The number of hydrogen-bond acceptors (Lipinski definition) is 7. The zero-order chi connectivity index (χ0) is 27.2. The maximum atomic E-state index is 12.2. The Bertz CT molecular complexity index is 1200. The summed E-state index contributed by atoms with van der Waals surface area (Å²) in [5.41, 5.74) is 9.40. The third-order valence-electron chi connectivity index (χ3n) is 6.47. The summed E-state index contributed by atoms with van der Waals surface area (Å²) in [6.45, 7) is 11.9. The lowest BCUT2D eigenvalue weighted by Crippen LogP contribution is -2.42. The van der Waals surface area contributed by atoms with E-state index >= 15 is 0 Å². The summed E-state index contributed by atoms with van der Waals surface area (Å²) < 4.78 is 18.3. The molecule has 3 N–H and O–H groups in total. The zero-order valence-corrected chi connectivity index (χ0v) is 22.7. The number of carbonyl (C=O) groups is 2. The number of esters is 1. The lowest BCUT2D eigenvalue weighted by atomic mass is 9.87. The number of allylic oxidation sites excluding steroid dienone is 1. The van der Waals surface area contributed by atoms with Crippen LogP contribution in [0.25, 0.3) is 6.08 Å². The van der Waals surface area contributed by atoms with E-state index < -0.39 is 10.8 Å². The standard InChI is InChI=1S/C29H35NO6S/c1-6-23(37-28(30)33)16-21-9-11-22(12-10-21)34-17-29(5)14-13-24-20(4)26(35-25(32)8-7-15-31)18(2)19(3)27(24)36-29/h6,9-12,16,31H,1,7-8,13-15,17H2,2-5H3,(H2,30,33)/b23-16-. The van der Waals surface area contributed by atoms with Crippen LogP contribution in [0.15, 0.2) is 41.8 Å². The topological polar surface area (TPSA) is 108 Å². The molecular weight excluding hydrogens is 490 g/mol. The monoisotopic (exact) mass is 525 g/mol. The minimum absolute atomic E-state index is 0.0433. The molecule has 0 aromatic heterocycles. The van der Waals surface area contributed by atoms with Crippen molar-refractivity contribution in [2.24, 2.45) is 5.73 Å². The molecule has 0 spiro atoms. The average Bonchev–Trinajstić information content (AvgIpc) is 2.87. The molecule has 0 bridgehead atoms. The molecule has 3 rings (SSSR count). The quantitative estimate of drug-likeness (QED) is 0.230. The Labute approximate surface area is 222 Å². The smallest absolute Gasteiger partial charge is 0.311 e. The molecule has 0 fully saturated rings. The van der Waals surface area contributed by atoms with Gasteiger partial charge in [0.1, 0.15) is 29.5 Å². The Morgan fingerprint density at radius 2 is 1.89 bits per heavy atom. The van der Waals surface area contributed by atoms with Gasteiger partial charge in [-0.2, -0.15) is 0 Å². The van der Waals surface area contributed by atoms with Crippen molar-refractivity contribution in [1.29, 1.82) is 0 Å². The Hall–Kier alpha value is -3.23. The number of primary amides is 1. The van der Waals surface area contributed by atoms with E-state index in [9.17, 15) is 9.59 Å². The summed E-state index contributed by atoms with van der Waals surface area (Å²) >= 11 is 0.932. The van der Waals surface area contributed by atoms with Gasteiger partial charge < -0.3 is 25.1 Å². The Balaban J connectivity index is 1.71. The first kappa shape index (κ1) is 28.3. The highest BCUT2D eigenvalue weighted by atomic mass is 32.2. The maximum Gasteiger partial charge on any atom is 0.311 e. The van der Waals surface area contributed by atoms with Crippen molar-refractivity contribution in [3.63, 3.8) is 0 Å². The first-order valence-corrected chi connectivity index (χ1v) is 13.1. The van der Waals surface area contributed by atoms with Crippen LogP contribution in [0.3, 0.4) is 0 Å². The van der Waals surface area contributed by atoms with E-state index in [0.717, 1.165) is 58.2 Å². The molecule has 198 valence electrons. The molecule has 8 heteroatoms. The van der Waals surface area contributed by atoms with Gasteiger partial charge in [0.15, 0.2) is 0 Å². The molecular formula is C29H35NO6S. The Morgan fingerprint density at radius 3 is 2.51 bits per heavy atom. The first-order chi connectivity index (χ1) is 17.6. The molecule has 0 aliphatic carbocycles. The maximum absolute atomic E-state index is 12.2. The highest BCUT2D eigenvalue weighted by molar-refractivity contribution is 8.17. The summed E-state index contributed by atoms with van der Waals surface area (Å²) in [4.78, 5) is 24.0. The number of aliphatic hydroxyl groups is 1. The number of rotatable bonds is 10. The number of carbonyl (C=O) groups excluding carboxylic acids is 2. The largest absolute Gasteiger partial charge is 0.489 e. The molecule has 1 aliphatic heterocycles. The molecule has 1 atom stereocenters. The number of thioether (sulfide) groups is 1. The number of fused-ring (bicyclic) bond motifs is 1. The number of benzene rings is 2. The van der Waals surface area contributed by atoms with E-state index in [4.69, 9.17) is 25.1 Å². The minimum Gasteiger partial charge on any atom is -0.489 e. The fraction of sp³-hybridized carbons (Fsp3) is 0.379. The van der Waals surface area contributed by atoms with Crippen LogP contribution in [0, 0.1) is 20.8 Å². The van der Waals surface area contributed by atoms with Gasteiger partial charge in [-0.05, 0) is 99.2 Å². The molecule has 1 heterocycles. The molecule has 1 amide bonds. The van der Waals surface area contributed by atoms with Crippen LogP contribution < -0.4 is 19.9 Å². The molecule has 2 aromatic rings. The van der Waals surface area contributed by atoms with E-state index in [1.807, 2.05) is 58.0 Å². The van der Waals surface area contributed by atoms with Crippen molar-refractivity contribution in [3.05, 3.63) is 69.6 Å². The van der Waals surface area contributed by atoms with Crippen molar-refractivity contribution in [2.45, 2.75) is 59.0 Å². The molecule has 1 unspecified atom stereocenters. The second-order valence-electron chi connectivity index (χ2n) is 9.39. The molecule has 7 nitrogen and oxygen atoms in total. The second-order valence-corrected chi connectivity index (χ2v) is 10.5. The Morgan fingerprint density at radius 1 is 1.19 bits per heavy atom. The molecule has 0 radical (unpaired) electrons. The van der Waals surface area contributed by atoms with Gasteiger partial charge in [-0.3, -0.25) is 9.59 Å². The third-order valence-corrected chi connectivity index (χ3v) is 7.19. The van der Waals surface area contributed by atoms with E-state index in [1.54, 1.807) is 6.08 Å². The molecule has 1 aliphatic rings. The number of hydrogen-bond donors (Lipinski definition) is 2. The summed E-state index contributed by atoms with van der Waals surface area (Å²) in [5, 5.41) is 8.50. The van der Waals surface area contributed by atoms with E-state index in [0.29, 0.717) is 29.4 Å². The van der Waals surface area contributed by atoms with E-state index in [-0.39, 0.29) is 19.0 Å². The summed E-state index contributed by atoms with van der Waals surface area (Å²) in [5.74, 6) is 1.78. The van der Waals surface area contributed by atoms with Crippen molar-refractivity contribution in [1.82, 2.24) is 0 Å². The van der Waals surface area contributed by atoms with E-state index in [2.05, 4.69) is 6.58 Å². The SMILES string of the molecule is C=C/C(=C/c1ccc(OCC2(C)CCc3c(C)c(OC(=O)CCCO)c(C)c(C)c3O2)cc1)SC(N)=O. The highest BCUT2D eigenvalue weighted by Crippen LogP contribution is 2.44. The van der Waals surface area contributed by atoms with Crippen LogP contribution in [-0.4, -0.2) is 35.1 Å². The van der Waals surface area contributed by atoms with Crippen LogP contribution in [0.5, 0.6) is 17.2 Å². The van der Waals surface area contributed by atoms with Crippen molar-refractivity contribution in [2.75, 3.05) is 13.2 Å². The molecule has 0 saturated heterocycles. The van der Waals surface area contributed by atoms with Crippen molar-refractivity contribution < 1.29 is 28.9 Å². The summed E-state index contributed by atoms with van der Waals surface area (Å²) in [6, 6.07) is 7.55. The average molecular weight is 526 g/mol. The summed E-state index contributed by atoms with van der Waals surface area (Å²) in [6.07, 6.45) is 5.50. The predicted octanol–water partition coefficient (Wildman–Crippen LogP) is 5.79. The fourth-order valence-corrected chi connectivity index (χ4v) is 4.74. The highest BCUT2D eigenvalue weighted by Gasteiger charge is 2.36. The normalized spacial score (nSPS) is 16.9. The zero-order valence-electron chi connectivity index (χ0n) is 21.9. The number of amides is 1. The van der Waals surface area contributed by atoms with Gasteiger partial charge in [-0.25, -0.2) is 0 Å². The number of aliphatic hydroxyl groups excluding tert-OH is 1. The van der Waals surface area contributed by atoms with Gasteiger partial charge in [0.25, 0.3) is 5.24 Å². The summed E-state index contributed by atoms with van der Waals surface area (Å²) in [7, 11) is 0. The predicted molar refractivity (Wildman–Crippen MR) is 147 cm³/mol. The molecule has 37 heavy (non-hydrogen) atoms. The Kier molecular flexibility index (Phi) is 9.45. The van der Waals surface area contributed by atoms with Crippen LogP contribution in [0.4, 0.5) is 4.79 Å². The fourth-order valence-electron chi connectivity index (χ4n) is 4.23. The molecule has 0 saturated carbocycles. The first-order valence-electron chi connectivity index (χ1n) is 12.2. The van der Waals surface area contributed by atoms with Gasteiger partial charge >= 0.3 is 5.97 Å². The lowest BCUT2D eigenvalue weighted by molar-refractivity contribution is -0.134. The van der Waals surface area contributed by atoms with Gasteiger partial charge in [0.2, 0.25) is 0 Å². The van der Waals surface area contributed by atoms with Crippen LogP contribution in [0.2, 0.25) is 0 Å². The van der Waals surface area contributed by atoms with Crippen molar-refractivity contribution in [3.8, 4) is 17.2 Å². The van der Waals surface area contributed by atoms with Crippen LogP contribution in [0.1, 0.15) is 54.0 Å². The number of ether oxygens (including phenoxy) is 3. The third kappa shape index (κ3) is 7.17. The minimum atomic E-state index is -0.525. The van der Waals surface area contributed by atoms with E-state index in [1.165, 1.54) is 0 Å². The van der Waals surface area contributed by atoms with Gasteiger partial charge in [-0.15, -0.1) is 0 Å². The van der Waals surface area contributed by atoms with Crippen molar-refractivity contribution >= 4 is 29.0 Å².